The van der Waals surface area contributed by atoms with E-state index in [0.717, 1.165) is 30.6 Å². The number of benzene rings is 1. The molecule has 0 saturated heterocycles. The van der Waals surface area contributed by atoms with E-state index in [1.54, 1.807) is 14.2 Å². The van der Waals surface area contributed by atoms with Gasteiger partial charge in [-0.3, -0.25) is 0 Å². The van der Waals surface area contributed by atoms with Crippen LogP contribution in [-0.4, -0.2) is 19.8 Å². The maximum Gasteiger partial charge on any atom is 0.123 e. The van der Waals surface area contributed by atoms with E-state index in [0.29, 0.717) is 10.9 Å². The van der Waals surface area contributed by atoms with Gasteiger partial charge in [0.05, 0.1) is 18.8 Å². The zero-order valence-corrected chi connectivity index (χ0v) is 13.2. The monoisotopic (exact) mass is 297 g/mol. The zero-order valence-electron chi connectivity index (χ0n) is 12.5. The van der Waals surface area contributed by atoms with E-state index in [2.05, 4.69) is 6.92 Å². The van der Waals surface area contributed by atoms with Crippen LogP contribution < -0.4 is 10.5 Å². The van der Waals surface area contributed by atoms with Gasteiger partial charge >= 0.3 is 0 Å². The van der Waals surface area contributed by atoms with Gasteiger partial charge in [0.2, 0.25) is 0 Å². The molecule has 0 spiro atoms. The Morgan fingerprint density at radius 2 is 2.15 bits per heavy atom. The Morgan fingerprint density at radius 3 is 2.75 bits per heavy atom. The van der Waals surface area contributed by atoms with Crippen LogP contribution in [0.2, 0.25) is 5.02 Å². The van der Waals surface area contributed by atoms with Crippen molar-refractivity contribution in [3.05, 3.63) is 28.8 Å². The smallest absolute Gasteiger partial charge is 0.123 e. The van der Waals surface area contributed by atoms with Crippen LogP contribution in [-0.2, 0) is 4.74 Å². The lowest BCUT2D eigenvalue weighted by Gasteiger charge is -2.43. The summed E-state index contributed by atoms with van der Waals surface area (Å²) in [6.45, 7) is 2.26. The van der Waals surface area contributed by atoms with Gasteiger partial charge in [-0.25, -0.2) is 0 Å². The molecule has 20 heavy (non-hydrogen) atoms. The fourth-order valence-corrected chi connectivity index (χ4v) is 3.55. The maximum atomic E-state index is 6.56. The molecular formula is C16H24ClNO2. The zero-order chi connectivity index (χ0) is 14.8. The average Bonchev–Trinajstić information content (AvgIpc) is 2.46. The second-order valence-corrected chi connectivity index (χ2v) is 6.27. The van der Waals surface area contributed by atoms with Crippen molar-refractivity contribution in [3.8, 4) is 5.75 Å². The topological polar surface area (TPSA) is 44.5 Å². The first-order chi connectivity index (χ1) is 9.52. The van der Waals surface area contributed by atoms with E-state index >= 15 is 0 Å². The summed E-state index contributed by atoms with van der Waals surface area (Å²) in [5.41, 5.74) is 7.16. The third kappa shape index (κ3) is 2.95. The van der Waals surface area contributed by atoms with E-state index in [9.17, 15) is 0 Å². The van der Waals surface area contributed by atoms with Gasteiger partial charge in [-0.1, -0.05) is 31.4 Å². The SMILES string of the molecule is COc1ccc(Cl)cc1C(N)C1(OC)CCCC(C)C1. The number of methoxy groups -OCH3 is 2. The summed E-state index contributed by atoms with van der Waals surface area (Å²) in [4.78, 5) is 0. The normalized spacial score (nSPS) is 28.1. The highest BCUT2D eigenvalue weighted by atomic mass is 35.5. The fraction of sp³-hybridized carbons (Fsp3) is 0.625. The molecule has 0 aromatic heterocycles. The van der Waals surface area contributed by atoms with E-state index in [-0.39, 0.29) is 11.6 Å². The van der Waals surface area contributed by atoms with Gasteiger partial charge in [0, 0.05) is 17.7 Å². The molecule has 112 valence electrons. The standard InChI is InChI=1S/C16H24ClNO2/c1-11-5-4-8-16(10-11,20-3)15(18)13-9-12(17)6-7-14(13)19-2/h6-7,9,11,15H,4-5,8,10,18H2,1-3H3. The van der Waals surface area contributed by atoms with Crippen molar-refractivity contribution in [1.29, 1.82) is 0 Å². The predicted molar refractivity (Wildman–Crippen MR) is 82.3 cm³/mol. The molecule has 0 amide bonds. The highest BCUT2D eigenvalue weighted by Crippen LogP contribution is 2.44. The number of hydrogen-bond donors (Lipinski definition) is 1. The Morgan fingerprint density at radius 1 is 1.40 bits per heavy atom. The lowest BCUT2D eigenvalue weighted by Crippen LogP contribution is -2.46. The van der Waals surface area contributed by atoms with Gasteiger partial charge in [-0.2, -0.15) is 0 Å². The largest absolute Gasteiger partial charge is 0.496 e. The quantitative estimate of drug-likeness (QED) is 0.915. The van der Waals surface area contributed by atoms with Crippen LogP contribution in [0.1, 0.15) is 44.2 Å². The number of halogens is 1. The first-order valence-corrected chi connectivity index (χ1v) is 7.54. The van der Waals surface area contributed by atoms with E-state index < -0.39 is 0 Å². The number of rotatable bonds is 4. The van der Waals surface area contributed by atoms with Gasteiger partial charge in [-0.15, -0.1) is 0 Å². The highest BCUT2D eigenvalue weighted by molar-refractivity contribution is 6.30. The van der Waals surface area contributed by atoms with Crippen molar-refractivity contribution >= 4 is 11.6 Å². The molecule has 1 fully saturated rings. The molecule has 0 aliphatic heterocycles. The van der Waals surface area contributed by atoms with Crippen LogP contribution in [0, 0.1) is 5.92 Å². The van der Waals surface area contributed by atoms with Crippen molar-refractivity contribution < 1.29 is 9.47 Å². The summed E-state index contributed by atoms with van der Waals surface area (Å²) < 4.78 is 11.3. The van der Waals surface area contributed by atoms with Gasteiger partial charge in [-0.05, 0) is 37.0 Å². The van der Waals surface area contributed by atoms with Gasteiger partial charge < -0.3 is 15.2 Å². The van der Waals surface area contributed by atoms with Crippen molar-refractivity contribution in [3.63, 3.8) is 0 Å². The predicted octanol–water partition coefficient (Wildman–Crippen LogP) is 3.94. The minimum atomic E-state index is -0.324. The second kappa shape index (κ2) is 6.33. The van der Waals surface area contributed by atoms with E-state index in [1.165, 1.54) is 6.42 Å². The molecule has 0 radical (unpaired) electrons. The van der Waals surface area contributed by atoms with Crippen LogP contribution in [0.3, 0.4) is 0 Å². The summed E-state index contributed by atoms with van der Waals surface area (Å²) in [6.07, 6.45) is 4.33. The van der Waals surface area contributed by atoms with Gasteiger partial charge in [0.15, 0.2) is 0 Å². The molecule has 1 aromatic carbocycles. The third-order valence-corrected chi connectivity index (χ3v) is 4.73. The molecule has 1 aromatic rings. The molecule has 1 aliphatic rings. The van der Waals surface area contributed by atoms with Crippen LogP contribution in [0.25, 0.3) is 0 Å². The highest BCUT2D eigenvalue weighted by Gasteiger charge is 2.42. The van der Waals surface area contributed by atoms with E-state index in [4.69, 9.17) is 26.8 Å². The summed E-state index contributed by atoms with van der Waals surface area (Å²) in [5.74, 6) is 1.40. The molecule has 3 atom stereocenters. The van der Waals surface area contributed by atoms with Crippen molar-refractivity contribution in [1.82, 2.24) is 0 Å². The minimum Gasteiger partial charge on any atom is -0.496 e. The Hall–Kier alpha value is -0.770. The lowest BCUT2D eigenvalue weighted by atomic mass is 9.73. The van der Waals surface area contributed by atoms with Crippen molar-refractivity contribution in [2.75, 3.05) is 14.2 Å². The van der Waals surface area contributed by atoms with Crippen molar-refractivity contribution in [2.45, 2.75) is 44.2 Å². The Balaban J connectivity index is 2.37. The van der Waals surface area contributed by atoms with Crippen LogP contribution >= 0.6 is 11.6 Å². The summed E-state index contributed by atoms with van der Waals surface area (Å²) in [6, 6.07) is 5.35. The van der Waals surface area contributed by atoms with Crippen LogP contribution in [0.4, 0.5) is 0 Å². The molecular weight excluding hydrogens is 274 g/mol. The lowest BCUT2D eigenvalue weighted by molar-refractivity contribution is -0.0721. The van der Waals surface area contributed by atoms with E-state index in [1.807, 2.05) is 18.2 Å². The molecule has 2 N–H and O–H groups in total. The van der Waals surface area contributed by atoms with Crippen molar-refractivity contribution in [2.24, 2.45) is 11.7 Å². The number of nitrogens with two attached hydrogens (primary N) is 1. The Bertz CT molecular complexity index is 466. The molecule has 3 unspecified atom stereocenters. The Kier molecular flexibility index (Phi) is 4.95. The molecule has 3 nitrogen and oxygen atoms in total. The molecule has 4 heteroatoms. The van der Waals surface area contributed by atoms with Crippen LogP contribution in [0.5, 0.6) is 5.75 Å². The fourth-order valence-electron chi connectivity index (χ4n) is 3.37. The summed E-state index contributed by atoms with van der Waals surface area (Å²) in [5, 5.41) is 0.673. The first-order valence-electron chi connectivity index (χ1n) is 7.16. The molecule has 2 rings (SSSR count). The first kappa shape index (κ1) is 15.6. The Labute approximate surface area is 126 Å². The van der Waals surface area contributed by atoms with Gasteiger partial charge in [0.1, 0.15) is 5.75 Å². The minimum absolute atomic E-state index is 0.233. The summed E-state index contributed by atoms with van der Waals surface area (Å²) >= 11 is 6.12. The molecule has 1 saturated carbocycles. The average molecular weight is 298 g/mol. The molecule has 0 heterocycles. The van der Waals surface area contributed by atoms with Gasteiger partial charge in [0.25, 0.3) is 0 Å². The maximum absolute atomic E-state index is 6.56. The van der Waals surface area contributed by atoms with Crippen LogP contribution in [0.15, 0.2) is 18.2 Å². The third-order valence-electron chi connectivity index (χ3n) is 4.49. The molecule has 1 aliphatic carbocycles. The summed E-state index contributed by atoms with van der Waals surface area (Å²) in [7, 11) is 3.41. The molecule has 0 bridgehead atoms. The second-order valence-electron chi connectivity index (χ2n) is 5.83. The number of ether oxygens (including phenoxy) is 2. The number of hydrogen-bond acceptors (Lipinski definition) is 3.